The van der Waals surface area contributed by atoms with Gasteiger partial charge in [-0.3, -0.25) is 4.90 Å². The summed E-state index contributed by atoms with van der Waals surface area (Å²) < 4.78 is 21.2. The van der Waals surface area contributed by atoms with Crippen LogP contribution >= 0.6 is 0 Å². The number of hydrogen-bond donors (Lipinski definition) is 0. The summed E-state index contributed by atoms with van der Waals surface area (Å²) in [7, 11) is 0. The van der Waals surface area contributed by atoms with Crippen molar-refractivity contribution in [2.24, 2.45) is 0 Å². The second-order valence-electron chi connectivity index (χ2n) is 6.98. The van der Waals surface area contributed by atoms with Gasteiger partial charge in [0.15, 0.2) is 0 Å². The highest BCUT2D eigenvalue weighted by Crippen LogP contribution is 2.22. The molecule has 0 saturated carbocycles. The van der Waals surface area contributed by atoms with Crippen LogP contribution in [0.1, 0.15) is 32.0 Å². The summed E-state index contributed by atoms with van der Waals surface area (Å²) in [6.45, 7) is 10.0. The highest BCUT2D eigenvalue weighted by molar-refractivity contribution is 5.36. The van der Waals surface area contributed by atoms with Crippen molar-refractivity contribution in [3.8, 4) is 5.69 Å². The molecule has 2 heterocycles. The van der Waals surface area contributed by atoms with Crippen LogP contribution in [-0.4, -0.2) is 41.0 Å². The van der Waals surface area contributed by atoms with Crippen molar-refractivity contribution >= 4 is 0 Å². The van der Waals surface area contributed by atoms with Gasteiger partial charge in [0.25, 0.3) is 0 Å². The van der Waals surface area contributed by atoms with E-state index >= 15 is 0 Å². The molecule has 0 unspecified atom stereocenters. The van der Waals surface area contributed by atoms with Gasteiger partial charge >= 0.3 is 0 Å². The largest absolute Gasteiger partial charge is 0.379 e. The molecule has 3 rings (SSSR count). The molecule has 0 aliphatic carbocycles. The van der Waals surface area contributed by atoms with Crippen LogP contribution in [-0.2, 0) is 16.7 Å². The van der Waals surface area contributed by atoms with Gasteiger partial charge in [0.1, 0.15) is 5.82 Å². The average Bonchev–Trinajstić information content (AvgIpc) is 3.01. The SMILES string of the molecule is CC(C)(C)c1c[c]n(-c2ccc(F)c(CN3CCOCC3)c2)n1. The molecule has 1 aliphatic rings. The van der Waals surface area contributed by atoms with E-state index < -0.39 is 0 Å². The van der Waals surface area contributed by atoms with E-state index in [9.17, 15) is 4.39 Å². The minimum Gasteiger partial charge on any atom is -0.379 e. The number of hydrogen-bond acceptors (Lipinski definition) is 3. The Morgan fingerprint density at radius 2 is 2.00 bits per heavy atom. The Labute approximate surface area is 136 Å². The Kier molecular flexibility index (Phi) is 4.50. The summed E-state index contributed by atoms with van der Waals surface area (Å²) in [5, 5.41) is 4.57. The lowest BCUT2D eigenvalue weighted by Gasteiger charge is -2.26. The van der Waals surface area contributed by atoms with Crippen LogP contribution in [0.5, 0.6) is 0 Å². The van der Waals surface area contributed by atoms with E-state index in [1.54, 1.807) is 10.7 Å². The van der Waals surface area contributed by atoms with Gasteiger partial charge in [0.05, 0.1) is 30.8 Å². The van der Waals surface area contributed by atoms with Crippen molar-refractivity contribution in [2.45, 2.75) is 32.7 Å². The van der Waals surface area contributed by atoms with Crippen LogP contribution in [0.25, 0.3) is 5.69 Å². The highest BCUT2D eigenvalue weighted by Gasteiger charge is 2.18. The van der Waals surface area contributed by atoms with E-state index in [-0.39, 0.29) is 11.2 Å². The van der Waals surface area contributed by atoms with Crippen molar-refractivity contribution in [3.63, 3.8) is 0 Å². The molecule has 1 radical (unpaired) electrons. The van der Waals surface area contributed by atoms with Crippen molar-refractivity contribution in [1.29, 1.82) is 0 Å². The van der Waals surface area contributed by atoms with Crippen LogP contribution in [0, 0.1) is 12.0 Å². The minimum absolute atomic E-state index is 0.0294. The number of rotatable bonds is 3. The molecule has 2 aromatic rings. The van der Waals surface area contributed by atoms with Gasteiger partial charge in [-0.15, -0.1) is 0 Å². The molecular weight excluding hydrogens is 293 g/mol. The van der Waals surface area contributed by atoms with Crippen LogP contribution in [0.3, 0.4) is 0 Å². The third-order valence-electron chi connectivity index (χ3n) is 4.07. The summed E-state index contributed by atoms with van der Waals surface area (Å²) >= 11 is 0. The molecule has 4 nitrogen and oxygen atoms in total. The summed E-state index contributed by atoms with van der Waals surface area (Å²) in [6, 6.07) is 7.01. The predicted molar refractivity (Wildman–Crippen MR) is 87.2 cm³/mol. The summed E-state index contributed by atoms with van der Waals surface area (Å²) in [5.41, 5.74) is 2.46. The normalized spacial score (nSPS) is 16.7. The molecule has 0 spiro atoms. The maximum atomic E-state index is 14.1. The van der Waals surface area contributed by atoms with Gasteiger partial charge in [0, 0.05) is 30.6 Å². The van der Waals surface area contributed by atoms with E-state index in [0.717, 1.165) is 24.5 Å². The van der Waals surface area contributed by atoms with Gasteiger partial charge in [-0.25, -0.2) is 9.07 Å². The minimum atomic E-state index is -0.177. The Hall–Kier alpha value is -1.72. The van der Waals surface area contributed by atoms with Crippen molar-refractivity contribution in [2.75, 3.05) is 26.3 Å². The fraction of sp³-hybridized carbons (Fsp3) is 0.500. The predicted octanol–water partition coefficient (Wildman–Crippen LogP) is 2.94. The van der Waals surface area contributed by atoms with Crippen LogP contribution < -0.4 is 0 Å². The quantitative estimate of drug-likeness (QED) is 0.872. The molecular formula is C18H23FN3O. The monoisotopic (exact) mass is 316 g/mol. The Balaban J connectivity index is 1.83. The molecule has 0 atom stereocenters. The van der Waals surface area contributed by atoms with Crippen molar-refractivity contribution in [3.05, 3.63) is 47.5 Å². The van der Waals surface area contributed by atoms with Crippen LogP contribution in [0.2, 0.25) is 0 Å². The fourth-order valence-electron chi connectivity index (χ4n) is 2.60. The van der Waals surface area contributed by atoms with Gasteiger partial charge in [-0.1, -0.05) is 20.8 Å². The van der Waals surface area contributed by atoms with Crippen molar-refractivity contribution < 1.29 is 9.13 Å². The molecule has 0 N–H and O–H groups in total. The average molecular weight is 316 g/mol. The Morgan fingerprint density at radius 1 is 1.26 bits per heavy atom. The zero-order chi connectivity index (χ0) is 16.4. The van der Waals surface area contributed by atoms with E-state index in [2.05, 4.69) is 37.0 Å². The van der Waals surface area contributed by atoms with Crippen LogP contribution in [0.4, 0.5) is 4.39 Å². The lowest BCUT2D eigenvalue weighted by molar-refractivity contribution is 0.0337. The lowest BCUT2D eigenvalue weighted by atomic mass is 9.93. The molecule has 0 amide bonds. The zero-order valence-electron chi connectivity index (χ0n) is 14.0. The third-order valence-corrected chi connectivity index (χ3v) is 4.07. The van der Waals surface area contributed by atoms with Crippen molar-refractivity contribution in [1.82, 2.24) is 14.7 Å². The smallest absolute Gasteiger partial charge is 0.127 e. The van der Waals surface area contributed by atoms with Gasteiger partial charge in [-0.2, -0.15) is 5.10 Å². The summed E-state index contributed by atoms with van der Waals surface area (Å²) in [4.78, 5) is 2.21. The fourth-order valence-corrected chi connectivity index (χ4v) is 2.60. The van der Waals surface area contributed by atoms with Gasteiger partial charge in [0.2, 0.25) is 0 Å². The maximum Gasteiger partial charge on any atom is 0.127 e. The highest BCUT2D eigenvalue weighted by atomic mass is 19.1. The number of nitrogens with zero attached hydrogens (tertiary/aromatic N) is 3. The second kappa shape index (κ2) is 6.42. The van der Waals surface area contributed by atoms with E-state index in [1.165, 1.54) is 6.07 Å². The van der Waals surface area contributed by atoms with Gasteiger partial charge < -0.3 is 4.74 Å². The summed E-state index contributed by atoms with van der Waals surface area (Å²) in [5.74, 6) is -0.177. The number of ether oxygens (including phenoxy) is 1. The first-order chi connectivity index (χ1) is 10.9. The molecule has 1 saturated heterocycles. The van der Waals surface area contributed by atoms with Gasteiger partial charge in [-0.05, 0) is 24.3 Å². The number of morpholine rings is 1. The lowest BCUT2D eigenvalue weighted by Crippen LogP contribution is -2.35. The molecule has 1 aromatic carbocycles. The first-order valence-electron chi connectivity index (χ1n) is 8.00. The number of halogens is 1. The molecule has 0 bridgehead atoms. The molecule has 1 aromatic heterocycles. The number of aromatic nitrogens is 2. The molecule has 5 heteroatoms. The zero-order valence-corrected chi connectivity index (χ0v) is 14.0. The maximum absolute atomic E-state index is 14.1. The Morgan fingerprint density at radius 3 is 2.65 bits per heavy atom. The summed E-state index contributed by atoms with van der Waals surface area (Å²) in [6.07, 6.45) is 3.13. The van der Waals surface area contributed by atoms with E-state index in [1.807, 2.05) is 12.1 Å². The topological polar surface area (TPSA) is 30.3 Å². The van der Waals surface area contributed by atoms with E-state index in [0.29, 0.717) is 25.3 Å². The molecule has 1 aliphatic heterocycles. The van der Waals surface area contributed by atoms with Crippen LogP contribution in [0.15, 0.2) is 24.3 Å². The molecule has 1 fully saturated rings. The second-order valence-corrected chi connectivity index (χ2v) is 6.98. The first kappa shape index (κ1) is 16.1. The van der Waals surface area contributed by atoms with E-state index in [4.69, 9.17) is 4.74 Å². The molecule has 23 heavy (non-hydrogen) atoms. The standard InChI is InChI=1S/C18H23FN3O/c1-18(2,3)17-6-7-22(20-17)15-4-5-16(19)14(12-15)13-21-8-10-23-11-9-21/h4-6,12H,8-11,13H2,1-3H3. The molecule has 123 valence electrons. The third kappa shape index (κ3) is 3.79. The first-order valence-corrected chi connectivity index (χ1v) is 8.00. The Bertz CT molecular complexity index is 669. The number of benzene rings is 1.